The van der Waals surface area contributed by atoms with Crippen LogP contribution in [0.1, 0.15) is 16.8 Å². The van der Waals surface area contributed by atoms with Gasteiger partial charge in [0, 0.05) is 12.0 Å². The molecule has 19 heavy (non-hydrogen) atoms. The molecule has 1 atom stereocenters. The van der Waals surface area contributed by atoms with Crippen LogP contribution in [0.5, 0.6) is 5.75 Å². The molecular weight excluding hydrogens is 236 g/mol. The molecule has 0 amide bonds. The minimum absolute atomic E-state index is 0.0237. The van der Waals surface area contributed by atoms with Gasteiger partial charge in [-0.1, -0.05) is 54.6 Å². The predicted octanol–water partition coefficient (Wildman–Crippen LogP) is 3.89. The number of ether oxygens (including phenoxy) is 1. The molecule has 0 saturated heterocycles. The van der Waals surface area contributed by atoms with Crippen LogP contribution in [0.4, 0.5) is 0 Å². The van der Waals surface area contributed by atoms with Crippen LogP contribution in [0.15, 0.2) is 73.3 Å². The lowest BCUT2D eigenvalue weighted by Crippen LogP contribution is -2.26. The van der Waals surface area contributed by atoms with E-state index in [4.69, 9.17) is 4.74 Å². The van der Waals surface area contributed by atoms with Gasteiger partial charge in [-0.25, -0.2) is 0 Å². The van der Waals surface area contributed by atoms with E-state index in [1.807, 2.05) is 48.5 Å². The van der Waals surface area contributed by atoms with E-state index in [0.717, 1.165) is 0 Å². The molecule has 0 bridgehead atoms. The Labute approximate surface area is 113 Å². The van der Waals surface area contributed by atoms with Gasteiger partial charge < -0.3 is 4.74 Å². The third-order valence-electron chi connectivity index (χ3n) is 2.75. The molecule has 0 aliphatic rings. The maximum Gasteiger partial charge on any atom is 0.203 e. The van der Waals surface area contributed by atoms with Crippen LogP contribution in [0.3, 0.4) is 0 Å². The summed E-state index contributed by atoms with van der Waals surface area (Å²) in [5, 5.41) is 0. The molecule has 2 rings (SSSR count). The third kappa shape index (κ3) is 3.55. The standard InChI is InChI=1S/C17H16O2/c1-2-9-16(19-15-12-7-4-8-13-15)17(18)14-10-5-3-6-11-14/h2-8,10-13,16H,1,9H2. The van der Waals surface area contributed by atoms with Crippen molar-refractivity contribution in [3.8, 4) is 5.75 Å². The molecular formula is C17H16O2. The fraction of sp³-hybridized carbons (Fsp3) is 0.118. The van der Waals surface area contributed by atoms with E-state index in [-0.39, 0.29) is 5.78 Å². The fourth-order valence-electron chi connectivity index (χ4n) is 1.81. The molecule has 2 nitrogen and oxygen atoms in total. The van der Waals surface area contributed by atoms with Gasteiger partial charge in [0.1, 0.15) is 5.75 Å². The lowest BCUT2D eigenvalue weighted by Gasteiger charge is -2.16. The minimum Gasteiger partial charge on any atom is -0.482 e. The van der Waals surface area contributed by atoms with Crippen molar-refractivity contribution >= 4 is 5.78 Å². The maximum atomic E-state index is 12.4. The van der Waals surface area contributed by atoms with E-state index in [1.165, 1.54) is 0 Å². The van der Waals surface area contributed by atoms with Gasteiger partial charge in [-0.15, -0.1) is 6.58 Å². The zero-order chi connectivity index (χ0) is 13.5. The first kappa shape index (κ1) is 13.1. The maximum absolute atomic E-state index is 12.4. The largest absolute Gasteiger partial charge is 0.482 e. The molecule has 0 fully saturated rings. The van der Waals surface area contributed by atoms with Crippen LogP contribution in [0.2, 0.25) is 0 Å². The Kier molecular flexibility index (Phi) is 4.51. The first-order chi connectivity index (χ1) is 9.31. The van der Waals surface area contributed by atoms with Crippen molar-refractivity contribution in [3.05, 3.63) is 78.9 Å². The second-order valence-corrected chi connectivity index (χ2v) is 4.17. The number of hydrogen-bond acceptors (Lipinski definition) is 2. The third-order valence-corrected chi connectivity index (χ3v) is 2.75. The van der Waals surface area contributed by atoms with Crippen LogP contribution >= 0.6 is 0 Å². The highest BCUT2D eigenvalue weighted by Gasteiger charge is 2.20. The monoisotopic (exact) mass is 252 g/mol. The van der Waals surface area contributed by atoms with Crippen LogP contribution in [0, 0.1) is 0 Å². The van der Waals surface area contributed by atoms with Crippen LogP contribution < -0.4 is 4.74 Å². The smallest absolute Gasteiger partial charge is 0.203 e. The van der Waals surface area contributed by atoms with Gasteiger partial charge in [0.05, 0.1) is 0 Å². The van der Waals surface area contributed by atoms with E-state index < -0.39 is 6.10 Å². The van der Waals surface area contributed by atoms with Gasteiger partial charge >= 0.3 is 0 Å². The zero-order valence-electron chi connectivity index (χ0n) is 10.7. The van der Waals surface area contributed by atoms with Gasteiger partial charge in [0.15, 0.2) is 6.10 Å². The van der Waals surface area contributed by atoms with E-state index in [1.54, 1.807) is 18.2 Å². The number of ketones is 1. The molecule has 0 aliphatic heterocycles. The highest BCUT2D eigenvalue weighted by molar-refractivity contribution is 5.99. The van der Waals surface area contributed by atoms with E-state index in [0.29, 0.717) is 17.7 Å². The lowest BCUT2D eigenvalue weighted by molar-refractivity contribution is 0.0796. The molecule has 2 aromatic rings. The molecule has 2 aromatic carbocycles. The molecule has 0 heterocycles. The Morgan fingerprint density at radius 1 is 1.05 bits per heavy atom. The minimum atomic E-state index is -0.526. The van der Waals surface area contributed by atoms with Crippen molar-refractivity contribution < 1.29 is 9.53 Å². The molecule has 0 aliphatic carbocycles. The van der Waals surface area contributed by atoms with Gasteiger partial charge in [-0.2, -0.15) is 0 Å². The van der Waals surface area contributed by atoms with E-state index in [9.17, 15) is 4.79 Å². The summed E-state index contributed by atoms with van der Waals surface area (Å²) in [4.78, 5) is 12.4. The Hall–Kier alpha value is -2.35. The van der Waals surface area contributed by atoms with Crippen molar-refractivity contribution in [1.29, 1.82) is 0 Å². The van der Waals surface area contributed by atoms with Crippen molar-refractivity contribution in [1.82, 2.24) is 0 Å². The molecule has 1 unspecified atom stereocenters. The molecule has 0 radical (unpaired) electrons. The number of Topliss-reactive ketones (excluding diaryl/α,β-unsaturated/α-hetero) is 1. The van der Waals surface area contributed by atoms with Crippen LogP contribution in [-0.4, -0.2) is 11.9 Å². The second kappa shape index (κ2) is 6.55. The Morgan fingerprint density at radius 3 is 2.21 bits per heavy atom. The van der Waals surface area contributed by atoms with Crippen LogP contribution in [-0.2, 0) is 0 Å². The summed E-state index contributed by atoms with van der Waals surface area (Å²) in [7, 11) is 0. The lowest BCUT2D eigenvalue weighted by atomic mass is 10.0. The highest BCUT2D eigenvalue weighted by Crippen LogP contribution is 2.16. The zero-order valence-corrected chi connectivity index (χ0v) is 10.7. The van der Waals surface area contributed by atoms with Gasteiger partial charge in [-0.05, 0) is 12.1 Å². The van der Waals surface area contributed by atoms with Gasteiger partial charge in [-0.3, -0.25) is 4.79 Å². The summed E-state index contributed by atoms with van der Waals surface area (Å²) in [6, 6.07) is 18.5. The molecule has 0 saturated carbocycles. The summed E-state index contributed by atoms with van der Waals surface area (Å²) in [5.41, 5.74) is 0.658. The SMILES string of the molecule is C=CCC(Oc1ccccc1)C(=O)c1ccccc1. The summed E-state index contributed by atoms with van der Waals surface area (Å²) < 4.78 is 5.75. The number of carbonyl (C=O) groups is 1. The highest BCUT2D eigenvalue weighted by atomic mass is 16.5. The molecule has 2 heteroatoms. The normalized spacial score (nSPS) is 11.6. The Morgan fingerprint density at radius 2 is 1.63 bits per heavy atom. The molecule has 96 valence electrons. The van der Waals surface area contributed by atoms with Crippen LogP contribution in [0.25, 0.3) is 0 Å². The number of carbonyl (C=O) groups excluding carboxylic acids is 1. The summed E-state index contributed by atoms with van der Waals surface area (Å²) in [6.45, 7) is 3.69. The molecule has 0 aromatic heterocycles. The second-order valence-electron chi connectivity index (χ2n) is 4.17. The Bertz CT molecular complexity index is 532. The van der Waals surface area contributed by atoms with Crippen molar-refractivity contribution in [2.24, 2.45) is 0 Å². The summed E-state index contributed by atoms with van der Waals surface area (Å²) >= 11 is 0. The van der Waals surface area contributed by atoms with Crippen molar-refractivity contribution in [2.45, 2.75) is 12.5 Å². The fourth-order valence-corrected chi connectivity index (χ4v) is 1.81. The van der Waals surface area contributed by atoms with Gasteiger partial charge in [0.2, 0.25) is 5.78 Å². The van der Waals surface area contributed by atoms with Crippen molar-refractivity contribution in [2.75, 3.05) is 0 Å². The van der Waals surface area contributed by atoms with E-state index >= 15 is 0 Å². The predicted molar refractivity (Wildman–Crippen MR) is 76.4 cm³/mol. The number of rotatable bonds is 6. The number of benzene rings is 2. The molecule has 0 N–H and O–H groups in total. The first-order valence-corrected chi connectivity index (χ1v) is 6.23. The quantitative estimate of drug-likeness (QED) is 0.576. The van der Waals surface area contributed by atoms with Crippen molar-refractivity contribution in [3.63, 3.8) is 0 Å². The average molecular weight is 252 g/mol. The van der Waals surface area contributed by atoms with E-state index in [2.05, 4.69) is 6.58 Å². The topological polar surface area (TPSA) is 26.3 Å². The first-order valence-electron chi connectivity index (χ1n) is 6.23. The average Bonchev–Trinajstić information content (AvgIpc) is 2.48. The molecule has 0 spiro atoms. The number of hydrogen-bond donors (Lipinski definition) is 0. The Balaban J connectivity index is 2.16. The summed E-state index contributed by atoms with van der Waals surface area (Å²) in [6.07, 6.45) is 1.67. The summed E-state index contributed by atoms with van der Waals surface area (Å²) in [5.74, 6) is 0.669. The van der Waals surface area contributed by atoms with Gasteiger partial charge in [0.25, 0.3) is 0 Å². The number of para-hydroxylation sites is 1.